The van der Waals surface area contributed by atoms with E-state index in [0.29, 0.717) is 47.1 Å². The van der Waals surface area contributed by atoms with Gasteiger partial charge in [-0.15, -0.1) is 0 Å². The molecule has 0 aliphatic carbocycles. The number of thiazole rings is 1. The second-order valence-electron chi connectivity index (χ2n) is 9.39. The Kier molecular flexibility index (Phi) is 6.21. The number of alkyl halides is 3. The summed E-state index contributed by atoms with van der Waals surface area (Å²) in [6, 6.07) is -0.217. The van der Waals surface area contributed by atoms with E-state index < -0.39 is 12.1 Å². The van der Waals surface area contributed by atoms with Crippen molar-refractivity contribution >= 4 is 38.4 Å². The van der Waals surface area contributed by atoms with Gasteiger partial charge in [0, 0.05) is 39.4 Å². The highest BCUT2D eigenvalue weighted by Crippen LogP contribution is 2.42. The summed E-state index contributed by atoms with van der Waals surface area (Å²) in [6.45, 7) is 3.22. The van der Waals surface area contributed by atoms with Crippen LogP contribution in [0.1, 0.15) is 32.1 Å². The van der Waals surface area contributed by atoms with Crippen molar-refractivity contribution in [2.24, 2.45) is 11.3 Å². The number of fused-ring (bicyclic) bond motifs is 1. The highest BCUT2D eigenvalue weighted by molar-refractivity contribution is 7.23. The van der Waals surface area contributed by atoms with Crippen LogP contribution in [-0.4, -0.2) is 73.6 Å². The molecule has 1 unspecified atom stereocenters. The van der Waals surface area contributed by atoms with Gasteiger partial charge in [-0.2, -0.15) is 13.2 Å². The third kappa shape index (κ3) is 4.49. The van der Waals surface area contributed by atoms with Crippen LogP contribution in [0, 0.1) is 11.3 Å². The van der Waals surface area contributed by atoms with Crippen LogP contribution < -0.4 is 15.0 Å². The summed E-state index contributed by atoms with van der Waals surface area (Å²) in [5, 5.41) is 3.27. The van der Waals surface area contributed by atoms with Gasteiger partial charge in [-0.05, 0) is 37.5 Å². The minimum Gasteiger partial charge on any atom is -0.479 e. The van der Waals surface area contributed by atoms with Crippen LogP contribution in [0.4, 0.5) is 28.8 Å². The largest absolute Gasteiger partial charge is 0.479 e. The molecule has 8 nitrogen and oxygen atoms in total. The monoisotopic (exact) mass is 499 g/mol. The first-order chi connectivity index (χ1) is 16.3. The SMILES string of the molecule is COc1ncc(N2CCCC(C(F)(F)F)C2)c2sc(NC(=O)N3CCC4(CCOCC4)C3)nc12. The number of rotatable bonds is 3. The lowest BCUT2D eigenvalue weighted by Crippen LogP contribution is -2.41. The zero-order chi connectivity index (χ0) is 23.9. The van der Waals surface area contributed by atoms with E-state index in [-0.39, 0.29) is 30.3 Å². The second kappa shape index (κ2) is 9.03. The molecule has 12 heteroatoms. The van der Waals surface area contributed by atoms with Gasteiger partial charge in [-0.1, -0.05) is 11.3 Å². The minimum atomic E-state index is -4.23. The molecule has 34 heavy (non-hydrogen) atoms. The zero-order valence-electron chi connectivity index (χ0n) is 19.0. The fraction of sp³-hybridized carbons (Fsp3) is 0.682. The fourth-order valence-electron chi connectivity index (χ4n) is 5.26. The third-order valence-corrected chi connectivity index (χ3v) is 8.27. The Morgan fingerprint density at radius 1 is 1.29 bits per heavy atom. The van der Waals surface area contributed by atoms with Crippen molar-refractivity contribution in [2.45, 2.75) is 38.3 Å². The Bertz CT molecular complexity index is 1060. The van der Waals surface area contributed by atoms with Crippen molar-refractivity contribution in [3.63, 3.8) is 0 Å². The van der Waals surface area contributed by atoms with Crippen LogP contribution in [0.25, 0.3) is 10.2 Å². The van der Waals surface area contributed by atoms with Gasteiger partial charge in [0.15, 0.2) is 5.13 Å². The molecule has 5 heterocycles. The molecular formula is C22H28F3N5O3S. The molecule has 0 aromatic carbocycles. The molecule has 2 aromatic rings. The van der Waals surface area contributed by atoms with Crippen LogP contribution in [-0.2, 0) is 4.74 Å². The number of piperidine rings is 1. The van der Waals surface area contributed by atoms with Crippen molar-refractivity contribution in [3.05, 3.63) is 6.20 Å². The lowest BCUT2D eigenvalue weighted by molar-refractivity contribution is -0.175. The van der Waals surface area contributed by atoms with Gasteiger partial charge >= 0.3 is 12.2 Å². The Balaban J connectivity index is 1.36. The summed E-state index contributed by atoms with van der Waals surface area (Å²) in [4.78, 5) is 25.3. The lowest BCUT2D eigenvalue weighted by atomic mass is 9.80. The van der Waals surface area contributed by atoms with E-state index in [4.69, 9.17) is 9.47 Å². The summed E-state index contributed by atoms with van der Waals surface area (Å²) in [5.74, 6) is -1.10. The van der Waals surface area contributed by atoms with Crippen molar-refractivity contribution in [2.75, 3.05) is 56.7 Å². The first-order valence-corrected chi connectivity index (χ1v) is 12.4. The zero-order valence-corrected chi connectivity index (χ0v) is 19.8. The average Bonchev–Trinajstić information content (AvgIpc) is 3.43. The van der Waals surface area contributed by atoms with Crippen molar-refractivity contribution in [1.29, 1.82) is 0 Å². The standard InChI is InChI=1S/C22H28F3N5O3S/c1-32-18-16-17(15(11-26-18)29-7-2-3-14(12-29)22(23,24)25)34-19(27-16)28-20(31)30-8-4-21(13-30)5-9-33-10-6-21/h11,14H,2-10,12-13H2,1H3,(H,27,28,31). The number of likely N-dealkylation sites (tertiary alicyclic amines) is 1. The molecule has 5 rings (SSSR count). The Hall–Kier alpha value is -2.34. The van der Waals surface area contributed by atoms with Crippen molar-refractivity contribution in [1.82, 2.24) is 14.9 Å². The molecule has 3 saturated heterocycles. The second-order valence-corrected chi connectivity index (χ2v) is 10.4. The molecule has 2 aromatic heterocycles. The number of carbonyl (C=O) groups is 1. The Morgan fingerprint density at radius 2 is 2.09 bits per heavy atom. The minimum absolute atomic E-state index is 0.119. The van der Waals surface area contributed by atoms with Gasteiger partial charge in [0.05, 0.1) is 29.6 Å². The number of aromatic nitrogens is 2. The number of ether oxygens (including phenoxy) is 2. The number of nitrogens with one attached hydrogen (secondary N) is 1. The predicted molar refractivity (Wildman–Crippen MR) is 123 cm³/mol. The number of methoxy groups -OCH3 is 1. The van der Waals surface area contributed by atoms with E-state index in [9.17, 15) is 18.0 Å². The number of pyridine rings is 1. The van der Waals surface area contributed by atoms with E-state index in [1.54, 1.807) is 11.1 Å². The van der Waals surface area contributed by atoms with Crippen LogP contribution in [0.15, 0.2) is 6.20 Å². The first kappa shape index (κ1) is 23.4. The van der Waals surface area contributed by atoms with Crippen LogP contribution in [0.2, 0.25) is 0 Å². The molecule has 0 radical (unpaired) electrons. The molecule has 1 atom stereocenters. The highest BCUT2D eigenvalue weighted by Gasteiger charge is 2.43. The number of hydrogen-bond acceptors (Lipinski definition) is 7. The van der Waals surface area contributed by atoms with Crippen LogP contribution >= 0.6 is 11.3 Å². The highest BCUT2D eigenvalue weighted by atomic mass is 32.1. The molecule has 2 amide bonds. The van der Waals surface area contributed by atoms with Gasteiger partial charge in [0.2, 0.25) is 5.88 Å². The first-order valence-electron chi connectivity index (χ1n) is 11.6. The summed E-state index contributed by atoms with van der Waals surface area (Å²) >= 11 is 1.24. The van der Waals surface area contributed by atoms with Gasteiger partial charge < -0.3 is 19.3 Å². The van der Waals surface area contributed by atoms with E-state index in [0.717, 1.165) is 32.5 Å². The summed E-state index contributed by atoms with van der Waals surface area (Å²) in [6.07, 6.45) is 0.752. The number of amides is 2. The number of anilines is 2. The number of nitrogens with zero attached hydrogens (tertiary/aromatic N) is 4. The van der Waals surface area contributed by atoms with Crippen molar-refractivity contribution in [3.8, 4) is 5.88 Å². The summed E-state index contributed by atoms with van der Waals surface area (Å²) < 4.78 is 51.6. The summed E-state index contributed by atoms with van der Waals surface area (Å²) in [5.41, 5.74) is 1.16. The fourth-order valence-corrected chi connectivity index (χ4v) is 6.25. The topological polar surface area (TPSA) is 79.8 Å². The van der Waals surface area contributed by atoms with E-state index in [2.05, 4.69) is 15.3 Å². The molecule has 0 bridgehead atoms. The average molecular weight is 500 g/mol. The number of halogens is 3. The maximum Gasteiger partial charge on any atom is 0.393 e. The smallest absolute Gasteiger partial charge is 0.393 e. The maximum atomic E-state index is 13.4. The number of hydrogen-bond donors (Lipinski definition) is 1. The maximum absolute atomic E-state index is 13.4. The van der Waals surface area contributed by atoms with E-state index >= 15 is 0 Å². The molecule has 3 aliphatic rings. The third-order valence-electron chi connectivity index (χ3n) is 7.28. The van der Waals surface area contributed by atoms with Gasteiger partial charge in [0.25, 0.3) is 0 Å². The van der Waals surface area contributed by atoms with Gasteiger partial charge in [-0.3, -0.25) is 5.32 Å². The molecule has 0 saturated carbocycles. The van der Waals surface area contributed by atoms with Gasteiger partial charge in [-0.25, -0.2) is 14.8 Å². The molecule has 3 aliphatic heterocycles. The predicted octanol–water partition coefficient (Wildman–Crippen LogP) is 4.51. The number of carbonyl (C=O) groups excluding carboxylic acids is 1. The Labute approximate surface area is 199 Å². The number of urea groups is 1. The molecule has 1 spiro atoms. The Morgan fingerprint density at radius 3 is 2.82 bits per heavy atom. The molecule has 1 N–H and O–H groups in total. The lowest BCUT2D eigenvalue weighted by Gasteiger charge is -2.35. The van der Waals surface area contributed by atoms with E-state index in [1.165, 1.54) is 18.4 Å². The van der Waals surface area contributed by atoms with E-state index in [1.807, 2.05) is 4.90 Å². The molecule has 3 fully saturated rings. The molecule has 186 valence electrons. The van der Waals surface area contributed by atoms with Crippen molar-refractivity contribution < 1.29 is 27.4 Å². The normalized spacial score (nSPS) is 23.0. The van der Waals surface area contributed by atoms with Crippen LogP contribution in [0.3, 0.4) is 0 Å². The summed E-state index contributed by atoms with van der Waals surface area (Å²) in [7, 11) is 1.47. The quantitative estimate of drug-likeness (QED) is 0.669. The molecular weight excluding hydrogens is 471 g/mol. The van der Waals surface area contributed by atoms with Crippen LogP contribution in [0.5, 0.6) is 5.88 Å². The van der Waals surface area contributed by atoms with Gasteiger partial charge in [0.1, 0.15) is 5.52 Å².